The first-order chi connectivity index (χ1) is 3.98. The number of hydrogen-bond donors (Lipinski definition) is 1. The third-order valence-corrected chi connectivity index (χ3v) is 1.71. The van der Waals surface area contributed by atoms with Crippen molar-refractivity contribution in [1.82, 2.24) is 0 Å². The molecule has 52 valence electrons. The molecular weight excluding hydrogens is 128 g/mol. The molecule has 0 aromatic carbocycles. The lowest BCUT2D eigenvalue weighted by Gasteiger charge is -2.20. The Hall–Kier alpha value is -0.263. The number of rotatable bonds is 1. The molecule has 0 aromatic rings. The van der Waals surface area contributed by atoms with Crippen molar-refractivity contribution < 1.29 is 5.11 Å². The van der Waals surface area contributed by atoms with Gasteiger partial charge in [-0.15, -0.1) is 11.5 Å². The molecule has 0 heterocycles. The minimum absolute atomic E-state index is 0.0926. The van der Waals surface area contributed by atoms with Gasteiger partial charge in [-0.2, -0.15) is 0 Å². The van der Waals surface area contributed by atoms with Gasteiger partial charge in [0, 0.05) is 5.92 Å². The molecule has 0 rings (SSSR count). The van der Waals surface area contributed by atoms with Crippen molar-refractivity contribution in [2.45, 2.75) is 26.4 Å². The second-order valence-electron chi connectivity index (χ2n) is 2.77. The molecule has 0 aliphatic carbocycles. The first kappa shape index (κ1) is 8.74. The molecule has 0 fully saturated rings. The van der Waals surface area contributed by atoms with Gasteiger partial charge in [-0.3, -0.25) is 0 Å². The van der Waals surface area contributed by atoms with Crippen LogP contribution in [0.25, 0.3) is 0 Å². The molecule has 1 nitrogen and oxygen atoms in total. The molecule has 0 bridgehead atoms. The van der Waals surface area contributed by atoms with Crippen molar-refractivity contribution in [2.24, 2.45) is 5.92 Å². The molecule has 0 aliphatic rings. The van der Waals surface area contributed by atoms with E-state index >= 15 is 0 Å². The Balaban J connectivity index is 3.99. The van der Waals surface area contributed by atoms with Crippen molar-refractivity contribution in [3.8, 4) is 11.5 Å². The van der Waals surface area contributed by atoms with Crippen LogP contribution in [0.2, 0.25) is 0 Å². The summed E-state index contributed by atoms with van der Waals surface area (Å²) in [5.74, 6) is 3.04. The van der Waals surface area contributed by atoms with Crippen LogP contribution in [0.15, 0.2) is 0 Å². The van der Waals surface area contributed by atoms with E-state index in [2.05, 4.69) is 11.5 Å². The summed E-state index contributed by atoms with van der Waals surface area (Å²) in [5, 5.41) is 9.33. The Labute approximate surface area is 59.9 Å². The van der Waals surface area contributed by atoms with Gasteiger partial charge in [-0.1, -0.05) is 0 Å². The zero-order valence-corrected chi connectivity index (χ0v) is 8.52. The smallest absolute Gasteiger partial charge is 0.0906 e. The van der Waals surface area contributed by atoms with Crippen LogP contribution in [0, 0.1) is 17.4 Å². The van der Waals surface area contributed by atoms with Gasteiger partial charge in [0.05, 0.1) is 15.8 Å². The lowest BCUT2D eigenvalue weighted by Crippen LogP contribution is -2.27. The van der Waals surface area contributed by atoms with Crippen molar-refractivity contribution >= 4 is 10.2 Å². The molecule has 0 aromatic heterocycles. The maximum absolute atomic E-state index is 9.33. The predicted octanol–water partition coefficient (Wildman–Crippen LogP) is -0.280. The summed E-state index contributed by atoms with van der Waals surface area (Å²) in [4.78, 5) is 0. The molecule has 0 amide bonds. The molecule has 1 atom stereocenters. The number of hydrogen-bond acceptors (Lipinski definition) is 1. The Bertz CT molecular complexity index is 135. The topological polar surface area (TPSA) is 20.2 Å². The van der Waals surface area contributed by atoms with Gasteiger partial charge in [-0.05, 0) is 20.8 Å². The molecule has 1 N–H and O–H groups in total. The Morgan fingerprint density at radius 1 is 1.56 bits per heavy atom. The van der Waals surface area contributed by atoms with Crippen LogP contribution in [0.5, 0.6) is 0 Å². The van der Waals surface area contributed by atoms with Crippen LogP contribution in [0.1, 0.15) is 20.8 Å². The van der Waals surface area contributed by atoms with Crippen molar-refractivity contribution in [2.75, 3.05) is 0 Å². The quantitative estimate of drug-likeness (QED) is 0.394. The van der Waals surface area contributed by atoms with Crippen LogP contribution in [-0.2, 0) is 0 Å². The van der Waals surface area contributed by atoms with Gasteiger partial charge in [0.2, 0.25) is 0 Å². The third-order valence-electron chi connectivity index (χ3n) is 1.42. The summed E-state index contributed by atoms with van der Waals surface area (Å²) < 4.78 is 0. The lowest BCUT2D eigenvalue weighted by molar-refractivity contribution is 0.0477. The Morgan fingerprint density at radius 3 is 2.11 bits per heavy atom. The molecule has 0 saturated carbocycles. The van der Waals surface area contributed by atoms with Gasteiger partial charge >= 0.3 is 0 Å². The maximum Gasteiger partial charge on any atom is 0.0906 e. The van der Waals surface area contributed by atoms with E-state index in [-0.39, 0.29) is 5.92 Å². The highest BCUT2D eigenvalue weighted by Gasteiger charge is 2.19. The molecule has 9 heavy (non-hydrogen) atoms. The first-order valence-electron chi connectivity index (χ1n) is 3.13. The molecular formula is C7H14OSi. The fourth-order valence-electron chi connectivity index (χ4n) is 0.393. The van der Waals surface area contributed by atoms with E-state index in [1.165, 1.54) is 0 Å². The van der Waals surface area contributed by atoms with Crippen molar-refractivity contribution in [3.05, 3.63) is 0 Å². The maximum atomic E-state index is 9.33. The molecule has 0 spiro atoms. The molecule has 0 radical (unpaired) electrons. The lowest BCUT2D eigenvalue weighted by atomic mass is 9.94. The molecule has 2 heteroatoms. The summed E-state index contributed by atoms with van der Waals surface area (Å²) in [7, 11) is 0.898. The van der Waals surface area contributed by atoms with E-state index in [4.69, 9.17) is 0 Å². The predicted molar refractivity (Wildman–Crippen MR) is 43.2 cm³/mol. The summed E-state index contributed by atoms with van der Waals surface area (Å²) in [6, 6.07) is 0. The van der Waals surface area contributed by atoms with Crippen LogP contribution < -0.4 is 0 Å². The van der Waals surface area contributed by atoms with Crippen LogP contribution in [0.3, 0.4) is 0 Å². The fourth-order valence-corrected chi connectivity index (χ4v) is 0.826. The van der Waals surface area contributed by atoms with Gasteiger partial charge in [0.15, 0.2) is 0 Å². The Kier molecular flexibility index (Phi) is 2.96. The molecule has 1 unspecified atom stereocenters. The highest BCUT2D eigenvalue weighted by molar-refractivity contribution is 6.22. The summed E-state index contributed by atoms with van der Waals surface area (Å²) in [5.41, 5.74) is 2.26. The van der Waals surface area contributed by atoms with E-state index in [0.717, 1.165) is 10.2 Å². The normalized spacial score (nSPS) is 14.2. The van der Waals surface area contributed by atoms with E-state index < -0.39 is 5.60 Å². The minimum Gasteiger partial charge on any atom is -0.389 e. The highest BCUT2D eigenvalue weighted by Crippen LogP contribution is 2.13. The van der Waals surface area contributed by atoms with E-state index in [9.17, 15) is 5.11 Å². The zero-order valence-electron chi connectivity index (χ0n) is 6.52. The van der Waals surface area contributed by atoms with Crippen LogP contribution >= 0.6 is 0 Å². The van der Waals surface area contributed by atoms with E-state index in [0.29, 0.717) is 0 Å². The zero-order chi connectivity index (χ0) is 7.49. The second-order valence-corrected chi connectivity index (χ2v) is 3.27. The van der Waals surface area contributed by atoms with E-state index in [1.54, 1.807) is 13.8 Å². The highest BCUT2D eigenvalue weighted by atomic mass is 28.1. The summed E-state index contributed by atoms with van der Waals surface area (Å²) in [6.45, 7) is 5.50. The fraction of sp³-hybridized carbons (Fsp3) is 0.714. The third kappa shape index (κ3) is 3.34. The SMILES string of the molecule is CC(C#C[SiH3])C(C)(C)O. The average molecular weight is 142 g/mol. The van der Waals surface area contributed by atoms with Crippen LogP contribution in [-0.4, -0.2) is 21.0 Å². The van der Waals surface area contributed by atoms with Gasteiger partial charge < -0.3 is 5.11 Å². The van der Waals surface area contributed by atoms with Crippen LogP contribution in [0.4, 0.5) is 0 Å². The first-order valence-corrected chi connectivity index (χ1v) is 4.13. The van der Waals surface area contributed by atoms with Crippen molar-refractivity contribution in [3.63, 3.8) is 0 Å². The average Bonchev–Trinajstić information content (AvgIpc) is 1.64. The standard InChI is InChI=1S/C7H14OSi/c1-6(4-5-9)7(2,3)8/h6,8H,1-3,9H3. The van der Waals surface area contributed by atoms with E-state index in [1.807, 2.05) is 6.92 Å². The molecule has 0 aliphatic heterocycles. The minimum atomic E-state index is -0.641. The largest absolute Gasteiger partial charge is 0.389 e. The van der Waals surface area contributed by atoms with Gasteiger partial charge in [0.25, 0.3) is 0 Å². The number of aliphatic hydroxyl groups is 1. The second kappa shape index (κ2) is 3.05. The summed E-state index contributed by atoms with van der Waals surface area (Å²) in [6.07, 6.45) is 0. The molecule has 0 saturated heterocycles. The Morgan fingerprint density at radius 2 is 2.00 bits per heavy atom. The van der Waals surface area contributed by atoms with Gasteiger partial charge in [0.1, 0.15) is 0 Å². The van der Waals surface area contributed by atoms with Crippen molar-refractivity contribution in [1.29, 1.82) is 0 Å². The monoisotopic (exact) mass is 142 g/mol. The summed E-state index contributed by atoms with van der Waals surface area (Å²) >= 11 is 0. The van der Waals surface area contributed by atoms with Gasteiger partial charge in [-0.25, -0.2) is 0 Å².